The molecule has 9 heteroatoms. The molecule has 3 rings (SSSR count). The van der Waals surface area contributed by atoms with Gasteiger partial charge in [-0.25, -0.2) is 4.98 Å². The Labute approximate surface area is 163 Å². The van der Waals surface area contributed by atoms with E-state index in [4.69, 9.17) is 4.74 Å². The standard InChI is InChI=1S/C19H24N6O3/c1-20-7-4-5-17(26)25-11-14(12-25)24(2)16-9-13(10-22-18(16)27)15-6-8-21-19(23-15)28-3/h4-6,8-10,14,20H,7,11-12H2,1-3H3,(H,22,27). The van der Waals surface area contributed by atoms with Gasteiger partial charge in [0.05, 0.1) is 18.8 Å². The quantitative estimate of drug-likeness (QED) is 0.660. The number of amides is 1. The van der Waals surface area contributed by atoms with E-state index in [1.54, 1.807) is 41.6 Å². The fraction of sp³-hybridized carbons (Fsp3) is 0.368. The highest BCUT2D eigenvalue weighted by Crippen LogP contribution is 2.23. The van der Waals surface area contributed by atoms with Crippen molar-refractivity contribution in [2.24, 2.45) is 0 Å². The van der Waals surface area contributed by atoms with E-state index < -0.39 is 0 Å². The van der Waals surface area contributed by atoms with E-state index in [9.17, 15) is 9.59 Å². The lowest BCUT2D eigenvalue weighted by molar-refractivity contribution is -0.130. The molecule has 1 amide bonds. The molecular weight excluding hydrogens is 360 g/mol. The lowest BCUT2D eigenvalue weighted by Gasteiger charge is -2.44. The maximum atomic E-state index is 12.3. The molecule has 1 saturated heterocycles. The minimum absolute atomic E-state index is 0.0179. The van der Waals surface area contributed by atoms with Crippen molar-refractivity contribution in [3.63, 3.8) is 0 Å². The molecule has 1 aliphatic rings. The zero-order chi connectivity index (χ0) is 20.1. The molecule has 0 spiro atoms. The molecular formula is C19H24N6O3. The third-order valence-electron chi connectivity index (χ3n) is 4.68. The van der Waals surface area contributed by atoms with Crippen molar-refractivity contribution in [3.05, 3.63) is 47.0 Å². The number of nitrogens with one attached hydrogen (secondary N) is 2. The number of rotatable bonds is 7. The van der Waals surface area contributed by atoms with Gasteiger partial charge in [-0.2, -0.15) is 4.98 Å². The molecule has 0 bridgehead atoms. The predicted octanol–water partition coefficient (Wildman–Crippen LogP) is 0.263. The van der Waals surface area contributed by atoms with Crippen molar-refractivity contribution in [3.8, 4) is 17.3 Å². The highest BCUT2D eigenvalue weighted by molar-refractivity contribution is 5.88. The van der Waals surface area contributed by atoms with Crippen LogP contribution in [0.3, 0.4) is 0 Å². The summed E-state index contributed by atoms with van der Waals surface area (Å²) in [5.74, 6) is -0.0179. The third kappa shape index (κ3) is 4.20. The number of likely N-dealkylation sites (tertiary alicyclic amines) is 1. The second-order valence-corrected chi connectivity index (χ2v) is 6.50. The molecule has 0 radical (unpaired) electrons. The van der Waals surface area contributed by atoms with Crippen LogP contribution in [0.2, 0.25) is 0 Å². The molecule has 2 aromatic rings. The van der Waals surface area contributed by atoms with E-state index >= 15 is 0 Å². The summed E-state index contributed by atoms with van der Waals surface area (Å²) < 4.78 is 5.06. The van der Waals surface area contributed by atoms with Crippen LogP contribution in [0, 0.1) is 0 Å². The number of ether oxygens (including phenoxy) is 1. The Morgan fingerprint density at radius 3 is 3.00 bits per heavy atom. The summed E-state index contributed by atoms with van der Waals surface area (Å²) in [4.78, 5) is 39.1. The molecule has 1 aliphatic heterocycles. The molecule has 9 nitrogen and oxygen atoms in total. The molecule has 0 unspecified atom stereocenters. The van der Waals surface area contributed by atoms with Crippen molar-refractivity contribution in [2.75, 3.05) is 45.7 Å². The molecule has 2 N–H and O–H groups in total. The number of H-pyrrole nitrogens is 1. The van der Waals surface area contributed by atoms with Crippen molar-refractivity contribution in [2.45, 2.75) is 6.04 Å². The number of hydrogen-bond acceptors (Lipinski definition) is 7. The normalized spacial score (nSPS) is 14.2. The summed E-state index contributed by atoms with van der Waals surface area (Å²) in [6.07, 6.45) is 6.59. The van der Waals surface area contributed by atoms with Crippen molar-refractivity contribution in [1.82, 2.24) is 25.2 Å². The number of nitrogens with zero attached hydrogens (tertiary/aromatic N) is 4. The summed E-state index contributed by atoms with van der Waals surface area (Å²) in [7, 11) is 5.19. The molecule has 2 aromatic heterocycles. The van der Waals surface area contributed by atoms with E-state index in [0.29, 0.717) is 31.0 Å². The lowest BCUT2D eigenvalue weighted by atomic mass is 10.1. The average Bonchev–Trinajstić information content (AvgIpc) is 2.67. The van der Waals surface area contributed by atoms with E-state index in [0.717, 1.165) is 5.56 Å². The number of methoxy groups -OCH3 is 1. The Bertz CT molecular complexity index is 920. The summed E-state index contributed by atoms with van der Waals surface area (Å²) in [5, 5.41) is 2.96. The number of likely N-dealkylation sites (N-methyl/N-ethyl adjacent to an activating group) is 2. The van der Waals surface area contributed by atoms with Gasteiger partial charge < -0.3 is 24.8 Å². The fourth-order valence-electron chi connectivity index (χ4n) is 2.94. The summed E-state index contributed by atoms with van der Waals surface area (Å²) in [6, 6.07) is 3.88. The van der Waals surface area contributed by atoms with Gasteiger partial charge in [0.1, 0.15) is 5.69 Å². The van der Waals surface area contributed by atoms with Gasteiger partial charge in [-0.05, 0) is 19.2 Å². The predicted molar refractivity (Wildman–Crippen MR) is 106 cm³/mol. The van der Waals surface area contributed by atoms with Gasteiger partial charge in [0, 0.05) is 50.7 Å². The average molecular weight is 384 g/mol. The van der Waals surface area contributed by atoms with E-state index in [2.05, 4.69) is 20.3 Å². The SMILES string of the molecule is CNCC=CC(=O)N1CC(N(C)c2cc(-c3ccnc(OC)n3)c[nH]c2=O)C1. The Morgan fingerprint density at radius 1 is 1.50 bits per heavy atom. The van der Waals surface area contributed by atoms with Crippen LogP contribution in [-0.4, -0.2) is 72.6 Å². The van der Waals surface area contributed by atoms with Crippen molar-refractivity contribution in [1.29, 1.82) is 0 Å². The van der Waals surface area contributed by atoms with Crippen LogP contribution in [-0.2, 0) is 4.79 Å². The van der Waals surface area contributed by atoms with Crippen LogP contribution in [0.1, 0.15) is 0 Å². The third-order valence-corrected chi connectivity index (χ3v) is 4.68. The number of aromatic nitrogens is 3. The lowest BCUT2D eigenvalue weighted by Crippen LogP contribution is -2.60. The van der Waals surface area contributed by atoms with Gasteiger partial charge >= 0.3 is 6.01 Å². The Balaban J connectivity index is 1.72. The number of pyridine rings is 1. The van der Waals surface area contributed by atoms with Gasteiger partial charge in [-0.15, -0.1) is 0 Å². The maximum absolute atomic E-state index is 12.3. The second kappa shape index (κ2) is 8.66. The molecule has 3 heterocycles. The maximum Gasteiger partial charge on any atom is 0.316 e. The van der Waals surface area contributed by atoms with Crippen LogP contribution in [0.4, 0.5) is 5.69 Å². The van der Waals surface area contributed by atoms with Gasteiger partial charge in [0.25, 0.3) is 5.56 Å². The van der Waals surface area contributed by atoms with Crippen molar-refractivity contribution < 1.29 is 9.53 Å². The van der Waals surface area contributed by atoms with Gasteiger partial charge in [0.15, 0.2) is 0 Å². The van der Waals surface area contributed by atoms with E-state index in [-0.39, 0.29) is 23.5 Å². The smallest absolute Gasteiger partial charge is 0.316 e. The van der Waals surface area contributed by atoms with Crippen LogP contribution in [0.15, 0.2) is 41.5 Å². The van der Waals surface area contributed by atoms with E-state index in [1.165, 1.54) is 7.11 Å². The number of anilines is 1. The summed E-state index contributed by atoms with van der Waals surface area (Å²) in [5.41, 5.74) is 1.74. The largest absolute Gasteiger partial charge is 0.467 e. The first-order valence-electron chi connectivity index (χ1n) is 8.96. The zero-order valence-corrected chi connectivity index (χ0v) is 16.2. The summed E-state index contributed by atoms with van der Waals surface area (Å²) >= 11 is 0. The number of aromatic amines is 1. The minimum atomic E-state index is -0.189. The number of carbonyl (C=O) groups excluding carboxylic acids is 1. The van der Waals surface area contributed by atoms with Gasteiger partial charge in [-0.1, -0.05) is 6.08 Å². The van der Waals surface area contributed by atoms with Gasteiger partial charge in [-0.3, -0.25) is 9.59 Å². The molecule has 1 fully saturated rings. The Morgan fingerprint density at radius 2 is 2.29 bits per heavy atom. The number of hydrogen-bond donors (Lipinski definition) is 2. The number of carbonyl (C=O) groups is 1. The molecule has 0 aliphatic carbocycles. The Kier molecular flexibility index (Phi) is 6.05. The zero-order valence-electron chi connectivity index (χ0n) is 16.2. The van der Waals surface area contributed by atoms with Crippen LogP contribution in [0.25, 0.3) is 11.3 Å². The molecule has 0 saturated carbocycles. The molecule has 0 atom stereocenters. The van der Waals surface area contributed by atoms with Crippen LogP contribution < -0.4 is 20.5 Å². The van der Waals surface area contributed by atoms with Crippen LogP contribution >= 0.6 is 0 Å². The topological polar surface area (TPSA) is 103 Å². The van der Waals surface area contributed by atoms with Crippen molar-refractivity contribution >= 4 is 11.6 Å². The Hall–Kier alpha value is -3.20. The molecule has 28 heavy (non-hydrogen) atoms. The van der Waals surface area contributed by atoms with E-state index in [1.807, 2.05) is 19.0 Å². The highest BCUT2D eigenvalue weighted by Gasteiger charge is 2.33. The molecule has 0 aromatic carbocycles. The first-order valence-corrected chi connectivity index (χ1v) is 8.96. The first kappa shape index (κ1) is 19.6. The fourth-order valence-corrected chi connectivity index (χ4v) is 2.94. The minimum Gasteiger partial charge on any atom is -0.467 e. The second-order valence-electron chi connectivity index (χ2n) is 6.50. The van der Waals surface area contributed by atoms with Gasteiger partial charge in [0.2, 0.25) is 5.91 Å². The monoisotopic (exact) mass is 384 g/mol. The summed E-state index contributed by atoms with van der Waals surface area (Å²) in [6.45, 7) is 1.80. The highest BCUT2D eigenvalue weighted by atomic mass is 16.5. The molecule has 148 valence electrons. The first-order chi connectivity index (χ1) is 13.5. The van der Waals surface area contributed by atoms with Crippen LogP contribution in [0.5, 0.6) is 6.01 Å².